The van der Waals surface area contributed by atoms with Gasteiger partial charge in [0.2, 0.25) is 23.6 Å². The van der Waals surface area contributed by atoms with E-state index in [0.29, 0.717) is 97.3 Å². The molecule has 0 radical (unpaired) electrons. The van der Waals surface area contributed by atoms with E-state index in [0.717, 1.165) is 0 Å². The maximum absolute atomic E-state index is 12.1. The van der Waals surface area contributed by atoms with Crippen molar-refractivity contribution >= 4 is 46.0 Å². The van der Waals surface area contributed by atoms with Gasteiger partial charge in [-0.2, -0.15) is 0 Å². The monoisotopic (exact) mass is 714 g/mol. The Morgan fingerprint density at radius 2 is 1.17 bits per heavy atom. The second kappa shape index (κ2) is 16.9. The number of hydrogen-bond donors (Lipinski definition) is 4. The second-order valence-corrected chi connectivity index (χ2v) is 12.8. The molecule has 4 amide bonds. The summed E-state index contributed by atoms with van der Waals surface area (Å²) in [6.45, 7) is 18.4. The SMILES string of the molecule is C=CC(=O)N1CC[C@@H](Oc2cnc3[nH]cc(C(=O)NCC)c3n2)[C@H](C)C1.C=CC(=O)N1CC[C@@H](Oc2cnc3[nH]cc(C(=O)NCC)c3n2)[C@H](C)C1. The van der Waals surface area contributed by atoms with Gasteiger partial charge in [0.05, 0.1) is 23.5 Å². The number of fused-ring (bicyclic) bond motifs is 2. The van der Waals surface area contributed by atoms with E-state index in [1.54, 1.807) is 34.6 Å². The average Bonchev–Trinajstić information content (AvgIpc) is 3.77. The lowest BCUT2D eigenvalue weighted by atomic mass is 9.96. The first-order chi connectivity index (χ1) is 25.1. The molecule has 0 aromatic carbocycles. The van der Waals surface area contributed by atoms with Crippen LogP contribution in [0.15, 0.2) is 50.1 Å². The van der Waals surface area contributed by atoms with Crippen molar-refractivity contribution in [3.8, 4) is 11.8 Å². The molecule has 0 aliphatic carbocycles. The summed E-state index contributed by atoms with van der Waals surface area (Å²) in [5.74, 6) is 0.542. The average molecular weight is 715 g/mol. The number of nitrogens with zero attached hydrogens (tertiary/aromatic N) is 6. The Morgan fingerprint density at radius 3 is 1.52 bits per heavy atom. The van der Waals surface area contributed by atoms with Gasteiger partial charge in [-0.05, 0) is 26.0 Å². The number of likely N-dealkylation sites (tertiary alicyclic amines) is 2. The maximum Gasteiger partial charge on any atom is 0.255 e. The van der Waals surface area contributed by atoms with E-state index in [9.17, 15) is 19.2 Å². The number of aromatic amines is 2. The van der Waals surface area contributed by atoms with Gasteiger partial charge in [-0.15, -0.1) is 0 Å². The van der Waals surface area contributed by atoms with Gasteiger partial charge in [0.25, 0.3) is 11.8 Å². The number of H-pyrrole nitrogens is 2. The van der Waals surface area contributed by atoms with Gasteiger partial charge < -0.3 is 39.9 Å². The highest BCUT2D eigenvalue weighted by Crippen LogP contribution is 2.26. The van der Waals surface area contributed by atoms with Gasteiger partial charge in [-0.3, -0.25) is 19.2 Å². The molecule has 276 valence electrons. The summed E-state index contributed by atoms with van der Waals surface area (Å²) in [6, 6.07) is 0. The molecule has 6 heterocycles. The molecule has 2 aliphatic rings. The van der Waals surface area contributed by atoms with Crippen LogP contribution in [0.3, 0.4) is 0 Å². The third kappa shape index (κ3) is 8.55. The Labute approximate surface area is 301 Å². The molecule has 6 rings (SSSR count). The maximum atomic E-state index is 12.1. The summed E-state index contributed by atoms with van der Waals surface area (Å²) in [4.78, 5) is 74.7. The molecule has 0 unspecified atom stereocenters. The Kier molecular flexibility index (Phi) is 12.2. The number of ether oxygens (including phenoxy) is 2. The van der Waals surface area contributed by atoms with Crippen LogP contribution in [0, 0.1) is 11.8 Å². The van der Waals surface area contributed by atoms with Gasteiger partial charge >= 0.3 is 0 Å². The zero-order chi connectivity index (χ0) is 37.4. The van der Waals surface area contributed by atoms with E-state index in [1.807, 2.05) is 27.7 Å². The lowest BCUT2D eigenvalue weighted by molar-refractivity contribution is -0.129. The summed E-state index contributed by atoms with van der Waals surface area (Å²) >= 11 is 0. The molecule has 0 saturated carbocycles. The van der Waals surface area contributed by atoms with E-state index < -0.39 is 0 Å². The fourth-order valence-electron chi connectivity index (χ4n) is 6.29. The van der Waals surface area contributed by atoms with E-state index in [1.165, 1.54) is 12.2 Å². The second-order valence-electron chi connectivity index (χ2n) is 12.8. The first-order valence-corrected chi connectivity index (χ1v) is 17.5. The van der Waals surface area contributed by atoms with Gasteiger partial charge in [0, 0.05) is 76.3 Å². The van der Waals surface area contributed by atoms with Crippen molar-refractivity contribution in [3.05, 3.63) is 61.2 Å². The van der Waals surface area contributed by atoms with Crippen LogP contribution < -0.4 is 20.1 Å². The van der Waals surface area contributed by atoms with Crippen molar-refractivity contribution in [3.63, 3.8) is 0 Å². The van der Waals surface area contributed by atoms with Gasteiger partial charge in [0.15, 0.2) is 11.3 Å². The molecule has 16 nitrogen and oxygen atoms in total. The summed E-state index contributed by atoms with van der Waals surface area (Å²) in [5, 5.41) is 5.51. The molecule has 16 heteroatoms. The van der Waals surface area contributed by atoms with Crippen molar-refractivity contribution in [2.24, 2.45) is 11.8 Å². The largest absolute Gasteiger partial charge is 0.473 e. The van der Waals surface area contributed by atoms with Crippen LogP contribution in [-0.2, 0) is 9.59 Å². The first kappa shape index (κ1) is 37.5. The van der Waals surface area contributed by atoms with Crippen LogP contribution in [-0.4, -0.2) is 115 Å². The quantitative estimate of drug-likeness (QED) is 0.177. The predicted octanol–water partition coefficient (Wildman–Crippen LogP) is 3.02. The van der Waals surface area contributed by atoms with Crippen LogP contribution in [0.1, 0.15) is 61.3 Å². The van der Waals surface area contributed by atoms with Crippen LogP contribution in [0.25, 0.3) is 22.3 Å². The van der Waals surface area contributed by atoms with E-state index in [4.69, 9.17) is 9.47 Å². The molecule has 4 N–H and O–H groups in total. The normalized spacial score (nSPS) is 20.0. The standard InChI is InChI=1S/2C18H23N5O3/c2*1-4-15(24)23-7-6-13(11(3)10-23)26-14-9-21-17-16(22-14)12(8-20-17)18(25)19-5-2/h2*4,8-9,11,13H,1,5-7,10H2,2-3H3,(H,19,25)(H,20,21)/t2*11-,13-/m11/s1. The zero-order valence-electron chi connectivity index (χ0n) is 30.0. The van der Waals surface area contributed by atoms with Crippen molar-refractivity contribution in [2.45, 2.75) is 52.7 Å². The summed E-state index contributed by atoms with van der Waals surface area (Å²) in [5.41, 5.74) is 2.94. The molecule has 2 aliphatic heterocycles. The van der Waals surface area contributed by atoms with Crippen molar-refractivity contribution in [1.82, 2.24) is 50.3 Å². The summed E-state index contributed by atoms with van der Waals surface area (Å²) in [7, 11) is 0. The third-order valence-corrected chi connectivity index (χ3v) is 9.05. The van der Waals surface area contributed by atoms with Crippen LogP contribution in [0.5, 0.6) is 11.8 Å². The minimum atomic E-state index is -0.199. The molecule has 4 aromatic heterocycles. The smallest absolute Gasteiger partial charge is 0.255 e. The van der Waals surface area contributed by atoms with E-state index in [2.05, 4.69) is 53.7 Å². The number of hydrogen-bond acceptors (Lipinski definition) is 10. The van der Waals surface area contributed by atoms with Crippen molar-refractivity contribution in [1.29, 1.82) is 0 Å². The number of rotatable bonds is 10. The fraction of sp³-hybridized carbons (Fsp3) is 0.444. The summed E-state index contributed by atoms with van der Waals surface area (Å²) < 4.78 is 12.0. The molecule has 4 aromatic rings. The fourth-order valence-corrected chi connectivity index (χ4v) is 6.29. The molecule has 2 fully saturated rings. The highest BCUT2D eigenvalue weighted by Gasteiger charge is 2.31. The molecule has 4 atom stereocenters. The summed E-state index contributed by atoms with van der Waals surface area (Å²) in [6.07, 6.45) is 10.2. The lowest BCUT2D eigenvalue weighted by Crippen LogP contribution is -2.46. The Balaban J connectivity index is 0.000000201. The minimum absolute atomic E-state index is 0.0598. The molecular weight excluding hydrogens is 668 g/mol. The molecule has 0 spiro atoms. The van der Waals surface area contributed by atoms with Gasteiger partial charge in [-0.25, -0.2) is 19.9 Å². The van der Waals surface area contributed by atoms with E-state index >= 15 is 0 Å². The Bertz CT molecular complexity index is 1800. The van der Waals surface area contributed by atoms with Crippen molar-refractivity contribution in [2.75, 3.05) is 39.3 Å². The van der Waals surface area contributed by atoms with Gasteiger partial charge in [-0.1, -0.05) is 27.0 Å². The predicted molar refractivity (Wildman–Crippen MR) is 194 cm³/mol. The van der Waals surface area contributed by atoms with Crippen LogP contribution in [0.4, 0.5) is 0 Å². The lowest BCUT2D eigenvalue weighted by Gasteiger charge is -2.36. The molecule has 0 bridgehead atoms. The molecular formula is C36H46N10O6. The number of aromatic nitrogens is 6. The zero-order valence-corrected chi connectivity index (χ0v) is 30.0. The highest BCUT2D eigenvalue weighted by molar-refractivity contribution is 6.05. The van der Waals surface area contributed by atoms with Crippen LogP contribution in [0.2, 0.25) is 0 Å². The van der Waals surface area contributed by atoms with E-state index in [-0.39, 0.29) is 47.7 Å². The minimum Gasteiger partial charge on any atom is -0.473 e. The molecule has 2 saturated heterocycles. The number of carbonyl (C=O) groups excluding carboxylic acids is 4. The Hall–Kier alpha value is -5.80. The topological polar surface area (TPSA) is 200 Å². The number of carbonyl (C=O) groups is 4. The highest BCUT2D eigenvalue weighted by atomic mass is 16.5. The first-order valence-electron chi connectivity index (χ1n) is 17.5. The number of amides is 4. The van der Waals surface area contributed by atoms with Gasteiger partial charge in [0.1, 0.15) is 23.2 Å². The number of piperidine rings is 2. The molecule has 52 heavy (non-hydrogen) atoms. The van der Waals surface area contributed by atoms with Crippen LogP contribution >= 0.6 is 0 Å². The Morgan fingerprint density at radius 1 is 0.769 bits per heavy atom. The third-order valence-electron chi connectivity index (χ3n) is 9.05. The number of nitrogens with one attached hydrogen (secondary N) is 4. The van der Waals surface area contributed by atoms with Crippen molar-refractivity contribution < 1.29 is 28.7 Å².